The number of aliphatic hydroxyl groups excluding tert-OH is 1. The highest BCUT2D eigenvalue weighted by Gasteiger charge is 2.42. The van der Waals surface area contributed by atoms with E-state index < -0.39 is 11.9 Å². The number of rotatable bonds is 2. The molecule has 19 heavy (non-hydrogen) atoms. The quantitative estimate of drug-likeness (QED) is 0.764. The van der Waals surface area contributed by atoms with Crippen molar-refractivity contribution < 1.29 is 19.8 Å². The number of carboxylic acids is 1. The molecule has 2 amide bonds. The Morgan fingerprint density at radius 3 is 2.42 bits per heavy atom. The van der Waals surface area contributed by atoms with Crippen molar-refractivity contribution >= 4 is 12.0 Å². The fraction of sp³-hybridized carbons (Fsp3) is 0.846. The van der Waals surface area contributed by atoms with Crippen LogP contribution in [0.1, 0.15) is 20.3 Å². The second kappa shape index (κ2) is 5.36. The number of nitrogens with zero attached hydrogens (tertiary/aromatic N) is 2. The Morgan fingerprint density at radius 2 is 1.89 bits per heavy atom. The van der Waals surface area contributed by atoms with Gasteiger partial charge in [0, 0.05) is 19.6 Å². The van der Waals surface area contributed by atoms with Gasteiger partial charge in [0.15, 0.2) is 0 Å². The number of likely N-dealkylation sites (tertiary alicyclic amines) is 2. The Kier molecular flexibility index (Phi) is 3.99. The highest BCUT2D eigenvalue weighted by Crippen LogP contribution is 2.28. The fourth-order valence-corrected chi connectivity index (χ4v) is 3.15. The average molecular weight is 270 g/mol. The van der Waals surface area contributed by atoms with Gasteiger partial charge >= 0.3 is 12.0 Å². The predicted octanol–water partition coefficient (Wildman–Crippen LogP) is 0.462. The van der Waals surface area contributed by atoms with Crippen molar-refractivity contribution in [2.45, 2.75) is 26.3 Å². The Hall–Kier alpha value is -1.30. The number of carbonyl (C=O) groups excluding carboxylic acids is 1. The first-order valence-electron chi connectivity index (χ1n) is 6.85. The minimum Gasteiger partial charge on any atom is -0.481 e. The molecular weight excluding hydrogens is 248 g/mol. The third-order valence-electron chi connectivity index (χ3n) is 4.52. The van der Waals surface area contributed by atoms with Gasteiger partial charge in [0.05, 0.1) is 18.6 Å². The Morgan fingerprint density at radius 1 is 1.21 bits per heavy atom. The monoisotopic (exact) mass is 270 g/mol. The zero-order valence-electron chi connectivity index (χ0n) is 11.5. The minimum atomic E-state index is -0.837. The molecule has 2 aliphatic rings. The second-order valence-electron chi connectivity index (χ2n) is 5.82. The van der Waals surface area contributed by atoms with Crippen LogP contribution >= 0.6 is 0 Å². The van der Waals surface area contributed by atoms with Crippen molar-refractivity contribution in [1.29, 1.82) is 0 Å². The zero-order valence-corrected chi connectivity index (χ0v) is 11.5. The molecule has 6 heteroatoms. The number of hydrogen-bond acceptors (Lipinski definition) is 3. The molecule has 6 nitrogen and oxygen atoms in total. The standard InChI is InChI=1S/C13H22N2O4/c1-8-3-4-15(11(8)7-16)13(19)14-5-9(2)10(6-14)12(17)18/h8-11,16H,3-7H2,1-2H3,(H,17,18). The summed E-state index contributed by atoms with van der Waals surface area (Å²) in [6.45, 7) is 5.27. The van der Waals surface area contributed by atoms with E-state index in [0.717, 1.165) is 6.42 Å². The summed E-state index contributed by atoms with van der Waals surface area (Å²) >= 11 is 0. The second-order valence-corrected chi connectivity index (χ2v) is 5.82. The molecule has 2 heterocycles. The van der Waals surface area contributed by atoms with E-state index in [1.165, 1.54) is 0 Å². The van der Waals surface area contributed by atoms with Gasteiger partial charge in [-0.05, 0) is 18.3 Å². The van der Waals surface area contributed by atoms with Gasteiger partial charge in [-0.2, -0.15) is 0 Å². The van der Waals surface area contributed by atoms with Crippen LogP contribution in [0.15, 0.2) is 0 Å². The van der Waals surface area contributed by atoms with Gasteiger partial charge in [-0.15, -0.1) is 0 Å². The summed E-state index contributed by atoms with van der Waals surface area (Å²) in [5.41, 5.74) is 0. The molecular formula is C13H22N2O4. The van der Waals surface area contributed by atoms with E-state index in [2.05, 4.69) is 0 Å². The lowest BCUT2D eigenvalue weighted by atomic mass is 9.99. The first-order valence-corrected chi connectivity index (χ1v) is 6.85. The minimum absolute atomic E-state index is 0.0194. The maximum atomic E-state index is 12.4. The van der Waals surface area contributed by atoms with Crippen LogP contribution in [-0.4, -0.2) is 64.3 Å². The van der Waals surface area contributed by atoms with Crippen LogP contribution in [-0.2, 0) is 4.79 Å². The number of amides is 2. The van der Waals surface area contributed by atoms with E-state index in [4.69, 9.17) is 5.11 Å². The molecule has 2 rings (SSSR count). The van der Waals surface area contributed by atoms with Crippen molar-refractivity contribution in [3.8, 4) is 0 Å². The zero-order chi connectivity index (χ0) is 14.2. The summed E-state index contributed by atoms with van der Waals surface area (Å²) in [5, 5.41) is 18.5. The summed E-state index contributed by atoms with van der Waals surface area (Å²) in [4.78, 5) is 26.8. The lowest BCUT2D eigenvalue weighted by molar-refractivity contribution is -0.142. The van der Waals surface area contributed by atoms with Crippen LogP contribution in [0.5, 0.6) is 0 Å². The van der Waals surface area contributed by atoms with E-state index in [0.29, 0.717) is 19.0 Å². The molecule has 108 valence electrons. The predicted molar refractivity (Wildman–Crippen MR) is 68.6 cm³/mol. The number of carbonyl (C=O) groups is 2. The normalized spacial score (nSPS) is 34.9. The van der Waals surface area contributed by atoms with Gasteiger partial charge < -0.3 is 20.0 Å². The Balaban J connectivity index is 2.03. The molecule has 2 N–H and O–H groups in total. The van der Waals surface area contributed by atoms with Gasteiger partial charge in [0.2, 0.25) is 0 Å². The molecule has 0 aromatic rings. The number of aliphatic carboxylic acids is 1. The summed E-state index contributed by atoms with van der Waals surface area (Å²) < 4.78 is 0. The average Bonchev–Trinajstić information content (AvgIpc) is 2.91. The number of urea groups is 1. The highest BCUT2D eigenvalue weighted by atomic mass is 16.4. The lowest BCUT2D eigenvalue weighted by Gasteiger charge is -2.29. The van der Waals surface area contributed by atoms with E-state index in [9.17, 15) is 14.7 Å². The van der Waals surface area contributed by atoms with Gasteiger partial charge in [0.25, 0.3) is 0 Å². The van der Waals surface area contributed by atoms with Crippen LogP contribution in [0.2, 0.25) is 0 Å². The lowest BCUT2D eigenvalue weighted by Crippen LogP contribution is -2.47. The summed E-state index contributed by atoms with van der Waals surface area (Å²) in [7, 11) is 0. The molecule has 0 aromatic carbocycles. The molecule has 0 aromatic heterocycles. The molecule has 2 saturated heterocycles. The summed E-state index contributed by atoms with van der Waals surface area (Å²) in [6, 6.07) is -0.259. The van der Waals surface area contributed by atoms with E-state index in [-0.39, 0.29) is 31.1 Å². The van der Waals surface area contributed by atoms with Crippen LogP contribution < -0.4 is 0 Å². The topological polar surface area (TPSA) is 81.1 Å². The fourth-order valence-electron chi connectivity index (χ4n) is 3.15. The van der Waals surface area contributed by atoms with E-state index >= 15 is 0 Å². The highest BCUT2D eigenvalue weighted by molar-refractivity contribution is 5.78. The molecule has 4 unspecified atom stereocenters. The van der Waals surface area contributed by atoms with Crippen molar-refractivity contribution in [2.24, 2.45) is 17.8 Å². The van der Waals surface area contributed by atoms with E-state index in [1.54, 1.807) is 9.80 Å². The molecule has 0 saturated carbocycles. The summed E-state index contributed by atoms with van der Waals surface area (Å²) in [6.07, 6.45) is 0.892. The molecule has 0 spiro atoms. The largest absolute Gasteiger partial charge is 0.481 e. The molecule has 0 bridgehead atoms. The molecule has 4 atom stereocenters. The van der Waals surface area contributed by atoms with Crippen molar-refractivity contribution in [3.63, 3.8) is 0 Å². The summed E-state index contributed by atoms with van der Waals surface area (Å²) in [5.74, 6) is -1.04. The SMILES string of the molecule is CC1CN(C(=O)N2CCC(C)C2CO)CC1C(=O)O. The van der Waals surface area contributed by atoms with Crippen LogP contribution in [0.3, 0.4) is 0 Å². The molecule has 0 radical (unpaired) electrons. The van der Waals surface area contributed by atoms with Crippen molar-refractivity contribution in [1.82, 2.24) is 9.80 Å². The molecule has 0 aliphatic carbocycles. The third kappa shape index (κ3) is 2.54. The van der Waals surface area contributed by atoms with Crippen LogP contribution in [0.25, 0.3) is 0 Å². The maximum absolute atomic E-state index is 12.4. The van der Waals surface area contributed by atoms with Crippen LogP contribution in [0, 0.1) is 17.8 Å². The van der Waals surface area contributed by atoms with Gasteiger partial charge in [0.1, 0.15) is 0 Å². The first-order chi connectivity index (χ1) is 8.95. The smallest absolute Gasteiger partial charge is 0.320 e. The third-order valence-corrected chi connectivity index (χ3v) is 4.52. The number of aliphatic hydroxyl groups is 1. The molecule has 2 aliphatic heterocycles. The van der Waals surface area contributed by atoms with Gasteiger partial charge in [-0.1, -0.05) is 13.8 Å². The van der Waals surface area contributed by atoms with Gasteiger partial charge in [-0.25, -0.2) is 4.79 Å². The maximum Gasteiger partial charge on any atom is 0.320 e. The first kappa shape index (κ1) is 14.1. The van der Waals surface area contributed by atoms with Gasteiger partial charge in [-0.3, -0.25) is 4.79 Å². The van der Waals surface area contributed by atoms with Crippen molar-refractivity contribution in [2.75, 3.05) is 26.2 Å². The molecule has 2 fully saturated rings. The number of hydrogen-bond donors (Lipinski definition) is 2. The van der Waals surface area contributed by atoms with E-state index in [1.807, 2.05) is 13.8 Å². The Labute approximate surface area is 113 Å². The number of carboxylic acid groups (broad SMARTS) is 1. The van der Waals surface area contributed by atoms with Crippen LogP contribution in [0.4, 0.5) is 4.79 Å². The van der Waals surface area contributed by atoms with Crippen molar-refractivity contribution in [3.05, 3.63) is 0 Å². The Bertz CT molecular complexity index is 374.